The van der Waals surface area contributed by atoms with Gasteiger partial charge in [0, 0.05) is 5.56 Å². The van der Waals surface area contributed by atoms with Crippen LogP contribution in [0.4, 0.5) is 0 Å². The molecule has 0 bridgehead atoms. The first-order valence-corrected chi connectivity index (χ1v) is 7.17. The summed E-state index contributed by atoms with van der Waals surface area (Å²) in [6.07, 6.45) is 0. The van der Waals surface area contributed by atoms with Gasteiger partial charge < -0.3 is 4.74 Å². The molecule has 0 atom stereocenters. The van der Waals surface area contributed by atoms with Crippen LogP contribution in [0.25, 0.3) is 11.1 Å². The van der Waals surface area contributed by atoms with Crippen LogP contribution in [0.1, 0.15) is 28.4 Å². The molecule has 0 aromatic heterocycles. The van der Waals surface area contributed by atoms with Crippen LogP contribution >= 0.6 is 0 Å². The van der Waals surface area contributed by atoms with Crippen molar-refractivity contribution in [3.05, 3.63) is 59.2 Å². The van der Waals surface area contributed by atoms with Crippen LogP contribution < -0.4 is 0 Å². The molecule has 6 heteroatoms. The first-order chi connectivity index (χ1) is 11.0. The maximum Gasteiger partial charge on any atom is 0.337 e. The first kappa shape index (κ1) is 15.0. The minimum Gasteiger partial charge on any atom is -0.465 e. The summed E-state index contributed by atoms with van der Waals surface area (Å²) < 4.78 is 4.85. The van der Waals surface area contributed by atoms with E-state index in [4.69, 9.17) is 4.74 Å². The molecule has 1 aliphatic heterocycles. The smallest absolute Gasteiger partial charge is 0.337 e. The van der Waals surface area contributed by atoms with Crippen molar-refractivity contribution in [2.24, 2.45) is 20.7 Å². The number of esters is 1. The van der Waals surface area contributed by atoms with Crippen LogP contribution in [0.5, 0.6) is 0 Å². The summed E-state index contributed by atoms with van der Waals surface area (Å²) in [6, 6.07) is 13.5. The number of carbonyl (C=O) groups excluding carboxylic acids is 1. The van der Waals surface area contributed by atoms with Gasteiger partial charge in [-0.25, -0.2) is 4.79 Å². The lowest BCUT2D eigenvalue weighted by atomic mass is 9.94. The zero-order valence-corrected chi connectivity index (χ0v) is 13.1. The fourth-order valence-electron chi connectivity index (χ4n) is 2.40. The summed E-state index contributed by atoms with van der Waals surface area (Å²) in [5.74, 6) is -0.407. The minimum absolute atomic E-state index is 0.407. The Hall–Kier alpha value is -2.89. The molecule has 0 saturated heterocycles. The lowest BCUT2D eigenvalue weighted by Gasteiger charge is -2.17. The third-order valence-electron chi connectivity index (χ3n) is 3.80. The van der Waals surface area contributed by atoms with E-state index in [0.29, 0.717) is 5.56 Å². The molecule has 0 fully saturated rings. The molecule has 1 aliphatic rings. The van der Waals surface area contributed by atoms with Crippen LogP contribution in [0.3, 0.4) is 0 Å². The molecule has 0 N–H and O–H groups in total. The van der Waals surface area contributed by atoms with E-state index in [1.807, 2.05) is 37.3 Å². The van der Waals surface area contributed by atoms with Crippen molar-refractivity contribution in [3.8, 4) is 11.1 Å². The van der Waals surface area contributed by atoms with Crippen molar-refractivity contribution in [2.75, 3.05) is 7.11 Å². The van der Waals surface area contributed by atoms with Crippen LogP contribution in [0, 0.1) is 6.92 Å². The summed E-state index contributed by atoms with van der Waals surface area (Å²) in [6.45, 7) is 3.82. The first-order valence-electron chi connectivity index (χ1n) is 7.17. The van der Waals surface area contributed by atoms with E-state index >= 15 is 0 Å². The number of nitrogens with zero attached hydrogens (tertiary/aromatic N) is 4. The number of rotatable bonds is 3. The van der Waals surface area contributed by atoms with E-state index in [-0.39, 0.29) is 0 Å². The Morgan fingerprint density at radius 1 is 1.00 bits per heavy atom. The molecule has 116 valence electrons. The fourth-order valence-corrected chi connectivity index (χ4v) is 2.40. The average Bonchev–Trinajstić information content (AvgIpc) is 3.02. The molecule has 23 heavy (non-hydrogen) atoms. The van der Waals surface area contributed by atoms with Gasteiger partial charge in [-0.2, -0.15) is 0 Å². The van der Waals surface area contributed by atoms with Gasteiger partial charge in [0.1, 0.15) is 0 Å². The monoisotopic (exact) mass is 308 g/mol. The molecule has 2 aromatic rings. The molecular weight excluding hydrogens is 292 g/mol. The number of hydrogen-bond acceptors (Lipinski definition) is 6. The molecule has 6 nitrogen and oxygen atoms in total. The Bertz CT molecular complexity index is 798. The highest BCUT2D eigenvalue weighted by Gasteiger charge is 2.30. The molecule has 1 heterocycles. The SMILES string of the molecule is COC(=O)c1cc(-c2ccc(C)cc2)cc(C2(C)N=NN=N2)c1. The molecule has 0 amide bonds. The predicted molar refractivity (Wildman–Crippen MR) is 85.0 cm³/mol. The molecule has 0 aliphatic carbocycles. The number of benzene rings is 2. The zero-order chi connectivity index (χ0) is 16.4. The second-order valence-corrected chi connectivity index (χ2v) is 5.56. The van der Waals surface area contributed by atoms with Gasteiger partial charge in [0.2, 0.25) is 5.66 Å². The molecule has 0 unspecified atom stereocenters. The van der Waals surface area contributed by atoms with Crippen molar-refractivity contribution in [1.82, 2.24) is 0 Å². The molecule has 0 spiro atoms. The summed E-state index contributed by atoms with van der Waals surface area (Å²) >= 11 is 0. The highest BCUT2D eigenvalue weighted by atomic mass is 16.5. The van der Waals surface area contributed by atoms with E-state index in [9.17, 15) is 4.79 Å². The summed E-state index contributed by atoms with van der Waals surface area (Å²) in [7, 11) is 1.36. The number of methoxy groups -OCH3 is 1. The largest absolute Gasteiger partial charge is 0.465 e. The number of carbonyl (C=O) groups is 1. The fraction of sp³-hybridized carbons (Fsp3) is 0.235. The van der Waals surface area contributed by atoms with Gasteiger partial charge in [-0.3, -0.25) is 0 Å². The summed E-state index contributed by atoms with van der Waals surface area (Å²) in [4.78, 5) is 12.0. The Morgan fingerprint density at radius 3 is 2.26 bits per heavy atom. The Morgan fingerprint density at radius 2 is 1.65 bits per heavy atom. The Kier molecular flexibility index (Phi) is 3.73. The topological polar surface area (TPSA) is 75.7 Å². The van der Waals surface area contributed by atoms with Gasteiger partial charge in [-0.05, 0) is 53.6 Å². The maximum atomic E-state index is 12.0. The molecule has 0 saturated carbocycles. The van der Waals surface area contributed by atoms with Crippen molar-refractivity contribution in [2.45, 2.75) is 19.5 Å². The van der Waals surface area contributed by atoms with E-state index in [1.54, 1.807) is 19.1 Å². The van der Waals surface area contributed by atoms with E-state index in [2.05, 4.69) is 20.7 Å². The van der Waals surface area contributed by atoms with Crippen LogP contribution in [-0.2, 0) is 10.4 Å². The number of aryl methyl sites for hydroxylation is 1. The highest BCUT2D eigenvalue weighted by molar-refractivity contribution is 5.91. The van der Waals surface area contributed by atoms with Gasteiger partial charge in [0.15, 0.2) is 0 Å². The van der Waals surface area contributed by atoms with Gasteiger partial charge in [0.25, 0.3) is 0 Å². The van der Waals surface area contributed by atoms with Gasteiger partial charge in [-0.1, -0.05) is 29.8 Å². The molecule has 0 radical (unpaired) electrons. The normalized spacial score (nSPS) is 14.9. The van der Waals surface area contributed by atoms with Gasteiger partial charge in [-0.15, -0.1) is 10.2 Å². The summed E-state index contributed by atoms with van der Waals surface area (Å²) in [5.41, 5.74) is 3.33. The van der Waals surface area contributed by atoms with Crippen molar-refractivity contribution in [1.29, 1.82) is 0 Å². The third-order valence-corrected chi connectivity index (χ3v) is 3.80. The van der Waals surface area contributed by atoms with Crippen molar-refractivity contribution in [3.63, 3.8) is 0 Å². The second-order valence-electron chi connectivity index (χ2n) is 5.56. The standard InChI is InChI=1S/C17H16N4O2/c1-11-4-6-12(7-5-11)13-8-14(16(22)23-3)10-15(9-13)17(2)18-20-21-19-17/h4-10H,1-3H3. The van der Waals surface area contributed by atoms with E-state index in [0.717, 1.165) is 16.7 Å². The lowest BCUT2D eigenvalue weighted by molar-refractivity contribution is 0.0600. The summed E-state index contributed by atoms with van der Waals surface area (Å²) in [5, 5.41) is 15.3. The average molecular weight is 308 g/mol. The molecule has 2 aromatic carbocycles. The van der Waals surface area contributed by atoms with Crippen LogP contribution in [-0.4, -0.2) is 13.1 Å². The maximum absolute atomic E-state index is 12.0. The number of hydrogen-bond donors (Lipinski definition) is 0. The highest BCUT2D eigenvalue weighted by Crippen LogP contribution is 2.35. The van der Waals surface area contributed by atoms with Gasteiger partial charge in [0.05, 0.1) is 12.7 Å². The minimum atomic E-state index is -0.913. The molecule has 3 rings (SSSR count). The van der Waals surface area contributed by atoms with Crippen molar-refractivity contribution >= 4 is 5.97 Å². The third kappa shape index (κ3) is 2.88. The van der Waals surface area contributed by atoms with E-state index in [1.165, 1.54) is 12.7 Å². The zero-order valence-electron chi connectivity index (χ0n) is 13.1. The van der Waals surface area contributed by atoms with Crippen molar-refractivity contribution < 1.29 is 9.53 Å². The van der Waals surface area contributed by atoms with Crippen LogP contribution in [0.15, 0.2) is 63.1 Å². The number of ether oxygens (including phenoxy) is 1. The Labute approximate surface area is 133 Å². The molecular formula is C17H16N4O2. The second kappa shape index (κ2) is 5.72. The Balaban J connectivity index is 2.15. The van der Waals surface area contributed by atoms with E-state index < -0.39 is 11.6 Å². The lowest BCUT2D eigenvalue weighted by Crippen LogP contribution is -2.14. The predicted octanol–water partition coefficient (Wildman–Crippen LogP) is 4.45. The van der Waals surface area contributed by atoms with Crippen LogP contribution in [0.2, 0.25) is 0 Å². The van der Waals surface area contributed by atoms with Gasteiger partial charge >= 0.3 is 5.97 Å². The quantitative estimate of drug-likeness (QED) is 0.785.